The molecule has 0 unspecified atom stereocenters. The number of benzene rings is 1. The number of nitrogens with zero attached hydrogens (tertiary/aromatic N) is 1. The second-order valence-corrected chi connectivity index (χ2v) is 5.96. The Morgan fingerprint density at radius 1 is 1.30 bits per heavy atom. The van der Waals surface area contributed by atoms with Crippen LogP contribution in [0.4, 0.5) is 13.2 Å². The van der Waals surface area contributed by atoms with Crippen molar-refractivity contribution in [1.29, 1.82) is 0 Å². The average molecular weight is 350 g/mol. The van der Waals surface area contributed by atoms with Gasteiger partial charge in [0.25, 0.3) is 5.91 Å². The van der Waals surface area contributed by atoms with Crippen LogP contribution in [0.2, 0.25) is 0 Å². The zero-order valence-corrected chi connectivity index (χ0v) is 12.6. The Morgan fingerprint density at radius 3 is 2.45 bits per heavy atom. The summed E-state index contributed by atoms with van der Waals surface area (Å²) in [6.45, 7) is 0. The Kier molecular flexibility index (Phi) is 4.42. The van der Waals surface area contributed by atoms with Gasteiger partial charge in [-0.1, -0.05) is 28.8 Å². The van der Waals surface area contributed by atoms with Gasteiger partial charge in [-0.15, -0.1) is 0 Å². The fraction of sp³-hybridized carbons (Fsp3) is 0.500. The van der Waals surface area contributed by atoms with Gasteiger partial charge < -0.3 is 4.90 Å². The minimum atomic E-state index is -4.54. The van der Waals surface area contributed by atoms with Gasteiger partial charge in [0.2, 0.25) is 0 Å². The second kappa shape index (κ2) is 5.76. The van der Waals surface area contributed by atoms with E-state index in [1.165, 1.54) is 17.0 Å². The first-order valence-corrected chi connectivity index (χ1v) is 7.24. The van der Waals surface area contributed by atoms with Gasteiger partial charge >= 0.3 is 6.18 Å². The van der Waals surface area contributed by atoms with Crippen LogP contribution in [-0.4, -0.2) is 23.9 Å². The summed E-state index contributed by atoms with van der Waals surface area (Å²) in [5, 5.41) is 0. The molecule has 1 fully saturated rings. The fourth-order valence-electron chi connectivity index (χ4n) is 2.58. The van der Waals surface area contributed by atoms with Gasteiger partial charge in [-0.25, -0.2) is 0 Å². The highest BCUT2D eigenvalue weighted by molar-refractivity contribution is 9.10. The fourth-order valence-corrected chi connectivity index (χ4v) is 2.95. The van der Waals surface area contributed by atoms with E-state index in [1.54, 1.807) is 7.05 Å². The third-order valence-corrected chi connectivity index (χ3v) is 4.20. The van der Waals surface area contributed by atoms with E-state index in [4.69, 9.17) is 0 Å². The first-order valence-electron chi connectivity index (χ1n) is 6.44. The van der Waals surface area contributed by atoms with Gasteiger partial charge in [0.1, 0.15) is 0 Å². The first kappa shape index (κ1) is 15.4. The number of carbonyl (C=O) groups excluding carboxylic acids is 1. The van der Waals surface area contributed by atoms with Crippen molar-refractivity contribution in [2.45, 2.75) is 37.9 Å². The van der Waals surface area contributed by atoms with E-state index >= 15 is 0 Å². The molecule has 1 amide bonds. The van der Waals surface area contributed by atoms with Crippen LogP contribution in [-0.2, 0) is 6.18 Å². The Labute approximate surface area is 124 Å². The van der Waals surface area contributed by atoms with Crippen LogP contribution in [0.1, 0.15) is 41.6 Å². The van der Waals surface area contributed by atoms with E-state index in [0.717, 1.165) is 31.7 Å². The van der Waals surface area contributed by atoms with E-state index in [9.17, 15) is 18.0 Å². The van der Waals surface area contributed by atoms with Crippen LogP contribution < -0.4 is 0 Å². The second-order valence-electron chi connectivity index (χ2n) is 5.04. The predicted octanol–water partition coefficient (Wildman–Crippen LogP) is 4.48. The van der Waals surface area contributed by atoms with Crippen LogP contribution in [0.25, 0.3) is 0 Å². The minimum Gasteiger partial charge on any atom is -0.339 e. The number of amides is 1. The molecule has 1 aliphatic rings. The molecule has 0 spiro atoms. The van der Waals surface area contributed by atoms with Crippen LogP contribution in [0.15, 0.2) is 22.7 Å². The van der Waals surface area contributed by atoms with Crippen LogP contribution in [0.5, 0.6) is 0 Å². The maximum absolute atomic E-state index is 13.0. The molecule has 0 N–H and O–H groups in total. The molecule has 20 heavy (non-hydrogen) atoms. The molecule has 0 radical (unpaired) electrons. The van der Waals surface area contributed by atoms with Crippen molar-refractivity contribution >= 4 is 21.8 Å². The number of alkyl halides is 3. The van der Waals surface area contributed by atoms with Crippen molar-refractivity contribution in [1.82, 2.24) is 4.90 Å². The minimum absolute atomic E-state index is 0.0484. The lowest BCUT2D eigenvalue weighted by atomic mass is 10.0. The topological polar surface area (TPSA) is 20.3 Å². The van der Waals surface area contributed by atoms with Gasteiger partial charge in [-0.05, 0) is 31.0 Å². The zero-order valence-electron chi connectivity index (χ0n) is 11.0. The molecule has 0 aliphatic heterocycles. The summed E-state index contributed by atoms with van der Waals surface area (Å²) < 4.78 is 39.4. The summed E-state index contributed by atoms with van der Waals surface area (Å²) >= 11 is 3.02. The zero-order chi connectivity index (χ0) is 14.9. The van der Waals surface area contributed by atoms with Crippen LogP contribution in [0.3, 0.4) is 0 Å². The lowest BCUT2D eigenvalue weighted by molar-refractivity contribution is -0.138. The highest BCUT2D eigenvalue weighted by atomic mass is 79.9. The molecular weight excluding hydrogens is 335 g/mol. The Balaban J connectivity index is 2.34. The van der Waals surface area contributed by atoms with Crippen molar-refractivity contribution in [3.05, 3.63) is 33.8 Å². The molecule has 0 atom stereocenters. The van der Waals surface area contributed by atoms with Crippen molar-refractivity contribution in [3.8, 4) is 0 Å². The van der Waals surface area contributed by atoms with Crippen molar-refractivity contribution < 1.29 is 18.0 Å². The van der Waals surface area contributed by atoms with E-state index in [2.05, 4.69) is 15.9 Å². The quantitative estimate of drug-likeness (QED) is 0.770. The molecule has 0 heterocycles. The number of halogens is 4. The molecule has 0 saturated heterocycles. The highest BCUT2D eigenvalue weighted by Gasteiger charge is 2.37. The molecule has 0 bridgehead atoms. The van der Waals surface area contributed by atoms with E-state index in [1.807, 2.05) is 0 Å². The van der Waals surface area contributed by atoms with E-state index in [0.29, 0.717) is 4.47 Å². The van der Waals surface area contributed by atoms with Gasteiger partial charge in [0.05, 0.1) is 11.1 Å². The first-order chi connectivity index (χ1) is 9.30. The molecule has 1 aromatic rings. The Bertz CT molecular complexity index is 510. The Hall–Kier alpha value is -1.04. The summed E-state index contributed by atoms with van der Waals surface area (Å²) in [5.41, 5.74) is -1.17. The van der Waals surface area contributed by atoms with E-state index in [-0.39, 0.29) is 11.6 Å². The average Bonchev–Trinajstić information content (AvgIpc) is 2.89. The van der Waals surface area contributed by atoms with Gasteiger partial charge in [-0.2, -0.15) is 13.2 Å². The molecular formula is C14H15BrF3NO. The van der Waals surface area contributed by atoms with Crippen molar-refractivity contribution in [2.24, 2.45) is 0 Å². The summed E-state index contributed by atoms with van der Waals surface area (Å²) in [5.74, 6) is -0.559. The third-order valence-electron chi connectivity index (χ3n) is 3.71. The normalized spacial score (nSPS) is 16.4. The number of rotatable bonds is 2. The highest BCUT2D eigenvalue weighted by Crippen LogP contribution is 2.35. The summed E-state index contributed by atoms with van der Waals surface area (Å²) in [6.07, 6.45) is -0.769. The molecule has 1 aliphatic carbocycles. The van der Waals surface area contributed by atoms with Gasteiger partial charge in [0, 0.05) is 17.6 Å². The smallest absolute Gasteiger partial charge is 0.339 e. The summed E-state index contributed by atoms with van der Waals surface area (Å²) in [6, 6.07) is 3.70. The molecule has 0 aromatic heterocycles. The monoisotopic (exact) mass is 349 g/mol. The maximum Gasteiger partial charge on any atom is 0.417 e. The van der Waals surface area contributed by atoms with E-state index < -0.39 is 17.6 Å². The Morgan fingerprint density at radius 2 is 1.90 bits per heavy atom. The largest absolute Gasteiger partial charge is 0.417 e. The van der Waals surface area contributed by atoms with Gasteiger partial charge in [0.15, 0.2) is 0 Å². The predicted molar refractivity (Wildman–Crippen MR) is 73.5 cm³/mol. The molecule has 6 heteroatoms. The van der Waals surface area contributed by atoms with Crippen molar-refractivity contribution in [3.63, 3.8) is 0 Å². The number of hydrogen-bond acceptors (Lipinski definition) is 1. The maximum atomic E-state index is 13.0. The van der Waals surface area contributed by atoms with Gasteiger partial charge in [-0.3, -0.25) is 4.79 Å². The molecule has 1 saturated carbocycles. The molecule has 2 nitrogen and oxygen atoms in total. The SMILES string of the molecule is CN(C(=O)c1ccc(Br)cc1C(F)(F)F)C1CCCC1. The summed E-state index contributed by atoms with van der Waals surface area (Å²) in [4.78, 5) is 13.8. The molecule has 1 aromatic carbocycles. The standard InChI is InChI=1S/C14H15BrF3NO/c1-19(10-4-2-3-5-10)13(20)11-7-6-9(15)8-12(11)14(16,17)18/h6-8,10H,2-5H2,1H3. The van der Waals surface area contributed by atoms with Crippen LogP contribution in [0, 0.1) is 0 Å². The number of carbonyl (C=O) groups is 1. The molecule has 2 rings (SSSR count). The molecule has 110 valence electrons. The van der Waals surface area contributed by atoms with Crippen molar-refractivity contribution in [2.75, 3.05) is 7.05 Å². The number of hydrogen-bond donors (Lipinski definition) is 0. The summed E-state index contributed by atoms with van der Waals surface area (Å²) in [7, 11) is 1.58. The van der Waals surface area contributed by atoms with Crippen LogP contribution >= 0.6 is 15.9 Å². The lowest BCUT2D eigenvalue weighted by Crippen LogP contribution is -2.36. The third kappa shape index (κ3) is 3.16. The lowest BCUT2D eigenvalue weighted by Gasteiger charge is -2.25.